The van der Waals surface area contributed by atoms with Crippen molar-refractivity contribution >= 4 is 41.6 Å². The summed E-state index contributed by atoms with van der Waals surface area (Å²) in [6, 6.07) is 0. The molecular formula is C23H32O14. The molecule has 0 amide bonds. The van der Waals surface area contributed by atoms with Gasteiger partial charge in [0.2, 0.25) is 0 Å². The van der Waals surface area contributed by atoms with Gasteiger partial charge in [-0.1, -0.05) is 0 Å². The second-order valence-electron chi connectivity index (χ2n) is 8.40. The zero-order chi connectivity index (χ0) is 28.5. The topological polar surface area (TPSA) is 184 Å². The van der Waals surface area contributed by atoms with Crippen LogP contribution in [0.4, 0.5) is 0 Å². The van der Waals surface area contributed by atoms with Gasteiger partial charge in [-0.2, -0.15) is 0 Å². The maximum atomic E-state index is 12.9. The molecule has 0 bridgehead atoms. The molecule has 0 saturated carbocycles. The minimum atomic E-state index is -2.08. The lowest BCUT2D eigenvalue weighted by Crippen LogP contribution is -2.66. The number of carbonyl (C=O) groups excluding carboxylic acids is 7. The van der Waals surface area contributed by atoms with Crippen LogP contribution in [0.2, 0.25) is 0 Å². The van der Waals surface area contributed by atoms with E-state index in [1.807, 2.05) is 0 Å². The van der Waals surface area contributed by atoms with E-state index in [2.05, 4.69) is 0 Å². The van der Waals surface area contributed by atoms with Crippen molar-refractivity contribution in [2.24, 2.45) is 0 Å². The predicted molar refractivity (Wildman–Crippen MR) is 118 cm³/mol. The van der Waals surface area contributed by atoms with Gasteiger partial charge in [0, 0.05) is 47.5 Å². The molecule has 0 unspecified atom stereocenters. The highest BCUT2D eigenvalue weighted by Crippen LogP contribution is 2.39. The summed E-state index contributed by atoms with van der Waals surface area (Å²) in [5.41, 5.74) is -2.08. The lowest BCUT2D eigenvalue weighted by atomic mass is 9.82. The quantitative estimate of drug-likeness (QED) is 0.255. The van der Waals surface area contributed by atoms with Crippen LogP contribution in [0.25, 0.3) is 0 Å². The molecule has 37 heavy (non-hydrogen) atoms. The number of ether oxygens (including phenoxy) is 7. The smallest absolute Gasteiger partial charge is 0.338 e. The number of rotatable bonds is 11. The fraction of sp³-hybridized carbons (Fsp3) is 0.696. The second-order valence-corrected chi connectivity index (χ2v) is 8.40. The Morgan fingerprint density at radius 1 is 0.811 bits per heavy atom. The maximum Gasteiger partial charge on any atom is 0.338 e. The molecule has 1 heterocycles. The van der Waals surface area contributed by atoms with Crippen molar-refractivity contribution in [2.75, 3.05) is 13.7 Å². The Balaban J connectivity index is 3.83. The molecule has 1 rings (SSSR count). The average Bonchev–Trinajstić information content (AvgIpc) is 2.74. The van der Waals surface area contributed by atoms with Gasteiger partial charge in [0.25, 0.3) is 0 Å². The normalized spacial score (nSPS) is 24.5. The molecule has 208 valence electrons. The lowest BCUT2D eigenvalue weighted by Gasteiger charge is -2.48. The second kappa shape index (κ2) is 13.7. The fourth-order valence-corrected chi connectivity index (χ4v) is 4.00. The van der Waals surface area contributed by atoms with Crippen molar-refractivity contribution in [1.82, 2.24) is 0 Å². The molecule has 1 aliphatic heterocycles. The first-order valence-electron chi connectivity index (χ1n) is 11.2. The van der Waals surface area contributed by atoms with E-state index in [9.17, 15) is 33.6 Å². The number of esters is 6. The molecule has 0 aliphatic carbocycles. The molecular weight excluding hydrogens is 500 g/mol. The first-order valence-corrected chi connectivity index (χ1v) is 11.2. The Morgan fingerprint density at radius 3 is 1.81 bits per heavy atom. The average molecular weight is 532 g/mol. The minimum Gasteiger partial charge on any atom is -0.467 e. The Hall–Kier alpha value is -3.55. The maximum absolute atomic E-state index is 12.9. The number of methoxy groups -OCH3 is 1. The van der Waals surface area contributed by atoms with E-state index >= 15 is 0 Å². The molecule has 14 heteroatoms. The molecule has 1 aliphatic rings. The van der Waals surface area contributed by atoms with Gasteiger partial charge in [-0.3, -0.25) is 28.8 Å². The third kappa shape index (κ3) is 9.44. The van der Waals surface area contributed by atoms with Gasteiger partial charge >= 0.3 is 35.8 Å². The largest absolute Gasteiger partial charge is 0.467 e. The third-order valence-electron chi connectivity index (χ3n) is 5.05. The molecule has 1 fully saturated rings. The minimum absolute atomic E-state index is 0.470. The van der Waals surface area contributed by atoms with E-state index in [4.69, 9.17) is 33.2 Å². The molecule has 0 aromatic heterocycles. The van der Waals surface area contributed by atoms with Crippen molar-refractivity contribution in [3.63, 3.8) is 0 Å². The van der Waals surface area contributed by atoms with Gasteiger partial charge in [-0.25, -0.2) is 4.79 Å². The summed E-state index contributed by atoms with van der Waals surface area (Å²) in [7, 11) is 1.04. The highest BCUT2D eigenvalue weighted by Gasteiger charge is 2.59. The van der Waals surface area contributed by atoms with E-state index < -0.39 is 97.2 Å². The van der Waals surface area contributed by atoms with Crippen LogP contribution in [0.15, 0.2) is 0 Å². The number of carbonyl (C=O) groups is 7. The molecule has 6 atom stereocenters. The van der Waals surface area contributed by atoms with E-state index in [0.717, 1.165) is 41.7 Å². The SMILES string of the molecule is COC(=O)[C@@]1(CC(C)=O)C[C@H](OC(C)=O)[C@@H](OC(C)=O)[C@H]([C@@H](OC(C)=O)[C@@H](COC(C)=O)OC(C)=O)O1. The summed E-state index contributed by atoms with van der Waals surface area (Å²) >= 11 is 0. The number of hydrogen-bond acceptors (Lipinski definition) is 14. The molecule has 0 radical (unpaired) electrons. The molecule has 14 nitrogen and oxygen atoms in total. The van der Waals surface area contributed by atoms with Crippen LogP contribution in [-0.2, 0) is 66.7 Å². The zero-order valence-electron chi connectivity index (χ0n) is 21.7. The van der Waals surface area contributed by atoms with Crippen LogP contribution < -0.4 is 0 Å². The summed E-state index contributed by atoms with van der Waals surface area (Å²) in [4.78, 5) is 84.4. The number of Topliss-reactive ketones (excluding diaryl/α,β-unsaturated/α-hetero) is 1. The number of ketones is 1. The van der Waals surface area contributed by atoms with Crippen LogP contribution in [-0.4, -0.2) is 91.4 Å². The first-order chi connectivity index (χ1) is 17.1. The Labute approximate surface area is 213 Å². The number of hydrogen-bond donors (Lipinski definition) is 0. The summed E-state index contributed by atoms with van der Waals surface area (Å²) in [6.45, 7) is 5.78. The van der Waals surface area contributed by atoms with Gasteiger partial charge < -0.3 is 33.2 Å². The van der Waals surface area contributed by atoms with Crippen molar-refractivity contribution in [3.05, 3.63) is 0 Å². The lowest BCUT2D eigenvalue weighted by molar-refractivity contribution is -0.267. The first kappa shape index (κ1) is 31.5. The Bertz CT molecular complexity index is 911. The molecule has 0 aromatic carbocycles. The van der Waals surface area contributed by atoms with Gasteiger partial charge in [-0.05, 0) is 6.92 Å². The summed E-state index contributed by atoms with van der Waals surface area (Å²) < 4.78 is 37.1. The standard InChI is InChI=1S/C23H32O14/c1-11(24)8-23(22(30)31-7)9-17(33-13(3)26)19(35-15(5)28)21(37-23)20(36-16(6)29)18(34-14(4)27)10-32-12(2)25/h17-21H,8-10H2,1-7H3/t17-,18+,19+,20-,21+,23+/m0/s1. The zero-order valence-corrected chi connectivity index (χ0v) is 21.7. The van der Waals surface area contributed by atoms with E-state index in [-0.39, 0.29) is 0 Å². The highest BCUT2D eigenvalue weighted by molar-refractivity contribution is 5.88. The molecule has 0 N–H and O–H groups in total. The van der Waals surface area contributed by atoms with E-state index in [1.165, 1.54) is 6.92 Å². The van der Waals surface area contributed by atoms with Gasteiger partial charge in [0.05, 0.1) is 7.11 Å². The van der Waals surface area contributed by atoms with Crippen LogP contribution in [0.1, 0.15) is 54.4 Å². The van der Waals surface area contributed by atoms with Crippen LogP contribution >= 0.6 is 0 Å². The fourth-order valence-electron chi connectivity index (χ4n) is 4.00. The summed E-state index contributed by atoms with van der Waals surface area (Å²) in [5, 5.41) is 0. The van der Waals surface area contributed by atoms with Gasteiger partial charge in [-0.15, -0.1) is 0 Å². The van der Waals surface area contributed by atoms with Crippen LogP contribution in [0, 0.1) is 0 Å². The van der Waals surface area contributed by atoms with Crippen molar-refractivity contribution in [1.29, 1.82) is 0 Å². The van der Waals surface area contributed by atoms with Crippen molar-refractivity contribution in [3.8, 4) is 0 Å². The van der Waals surface area contributed by atoms with E-state index in [0.29, 0.717) is 0 Å². The third-order valence-corrected chi connectivity index (χ3v) is 5.05. The van der Waals surface area contributed by atoms with Gasteiger partial charge in [0.1, 0.15) is 24.6 Å². The van der Waals surface area contributed by atoms with Crippen molar-refractivity contribution < 1.29 is 66.7 Å². The molecule has 1 saturated heterocycles. The summed E-state index contributed by atoms with van der Waals surface area (Å²) in [6.07, 6.45) is -8.84. The van der Waals surface area contributed by atoms with Crippen LogP contribution in [0.3, 0.4) is 0 Å². The molecule has 0 spiro atoms. The van der Waals surface area contributed by atoms with Crippen molar-refractivity contribution in [2.45, 2.75) is 90.5 Å². The Morgan fingerprint density at radius 2 is 1.38 bits per heavy atom. The summed E-state index contributed by atoms with van der Waals surface area (Å²) in [5.74, 6) is -5.79. The van der Waals surface area contributed by atoms with Crippen LogP contribution in [0.5, 0.6) is 0 Å². The van der Waals surface area contributed by atoms with E-state index in [1.54, 1.807) is 0 Å². The highest BCUT2D eigenvalue weighted by atomic mass is 16.7. The molecule has 0 aromatic rings. The predicted octanol–water partition coefficient (Wildman–Crippen LogP) is -0.0439. The monoisotopic (exact) mass is 532 g/mol. The van der Waals surface area contributed by atoms with Gasteiger partial charge in [0.15, 0.2) is 23.9 Å². The Kier molecular flexibility index (Phi) is 11.6.